The molecule has 18 heavy (non-hydrogen) atoms. The van der Waals surface area contributed by atoms with Crippen LogP contribution in [0.2, 0.25) is 0 Å². The highest BCUT2D eigenvalue weighted by molar-refractivity contribution is 9.10. The molecule has 2 atom stereocenters. The number of halogens is 1. The molecular formula is C15H24BrNS. The zero-order valence-corrected chi connectivity index (χ0v) is 13.9. The average molecular weight is 330 g/mol. The molecule has 0 saturated carbocycles. The van der Waals surface area contributed by atoms with E-state index in [9.17, 15) is 0 Å². The van der Waals surface area contributed by atoms with Crippen LogP contribution >= 0.6 is 27.7 Å². The molecule has 0 heterocycles. The van der Waals surface area contributed by atoms with Crippen LogP contribution < -0.4 is 5.73 Å². The molecular weight excluding hydrogens is 306 g/mol. The highest BCUT2D eigenvalue weighted by atomic mass is 79.9. The molecule has 0 radical (unpaired) electrons. The van der Waals surface area contributed by atoms with Crippen LogP contribution in [-0.2, 0) is 0 Å². The van der Waals surface area contributed by atoms with Gasteiger partial charge in [0.05, 0.1) is 0 Å². The quantitative estimate of drug-likeness (QED) is 0.761. The van der Waals surface area contributed by atoms with Gasteiger partial charge in [0.15, 0.2) is 0 Å². The Balaban J connectivity index is 2.68. The molecule has 0 aromatic heterocycles. The largest absolute Gasteiger partial charge is 0.326 e. The van der Waals surface area contributed by atoms with Crippen LogP contribution in [0.3, 0.4) is 0 Å². The summed E-state index contributed by atoms with van der Waals surface area (Å²) < 4.78 is 1.13. The molecule has 0 bridgehead atoms. The Labute approximate surface area is 124 Å². The first-order chi connectivity index (χ1) is 8.54. The van der Waals surface area contributed by atoms with Gasteiger partial charge in [0.1, 0.15) is 0 Å². The van der Waals surface area contributed by atoms with E-state index in [1.54, 1.807) is 0 Å². The van der Waals surface area contributed by atoms with Gasteiger partial charge in [-0.05, 0) is 42.2 Å². The maximum Gasteiger partial charge on any atom is 0.0448 e. The Hall–Kier alpha value is 0.01000. The van der Waals surface area contributed by atoms with E-state index in [1.165, 1.54) is 17.7 Å². The van der Waals surface area contributed by atoms with Gasteiger partial charge in [-0.25, -0.2) is 0 Å². The SMILES string of the molecule is CCC(N)C(SCCC(C)C)c1ccc(Br)cc1. The van der Waals surface area contributed by atoms with E-state index in [0.29, 0.717) is 5.25 Å². The van der Waals surface area contributed by atoms with Gasteiger partial charge in [0.25, 0.3) is 0 Å². The summed E-state index contributed by atoms with van der Waals surface area (Å²) in [5.74, 6) is 1.95. The minimum Gasteiger partial charge on any atom is -0.326 e. The smallest absolute Gasteiger partial charge is 0.0448 e. The van der Waals surface area contributed by atoms with Gasteiger partial charge in [-0.15, -0.1) is 0 Å². The molecule has 0 aliphatic rings. The van der Waals surface area contributed by atoms with Crippen molar-refractivity contribution in [2.75, 3.05) is 5.75 Å². The third-order valence-electron chi connectivity index (χ3n) is 3.05. The number of thioether (sulfide) groups is 1. The van der Waals surface area contributed by atoms with Crippen LogP contribution in [0.1, 0.15) is 44.4 Å². The van der Waals surface area contributed by atoms with E-state index < -0.39 is 0 Å². The van der Waals surface area contributed by atoms with E-state index in [0.717, 1.165) is 16.8 Å². The zero-order chi connectivity index (χ0) is 13.5. The lowest BCUT2D eigenvalue weighted by Gasteiger charge is -2.23. The van der Waals surface area contributed by atoms with Crippen LogP contribution in [0.15, 0.2) is 28.7 Å². The molecule has 0 aliphatic heterocycles. The molecule has 0 amide bonds. The number of hydrogen-bond acceptors (Lipinski definition) is 2. The van der Waals surface area contributed by atoms with Crippen molar-refractivity contribution in [2.24, 2.45) is 11.7 Å². The molecule has 3 heteroatoms. The van der Waals surface area contributed by atoms with Gasteiger partial charge in [-0.1, -0.05) is 48.8 Å². The van der Waals surface area contributed by atoms with Crippen LogP contribution in [0.5, 0.6) is 0 Å². The summed E-state index contributed by atoms with van der Waals surface area (Å²) in [6.07, 6.45) is 2.28. The summed E-state index contributed by atoms with van der Waals surface area (Å²) in [5, 5.41) is 0.418. The molecule has 1 rings (SSSR count). The fraction of sp³-hybridized carbons (Fsp3) is 0.600. The molecule has 0 saturated heterocycles. The van der Waals surface area contributed by atoms with Crippen molar-refractivity contribution < 1.29 is 0 Å². The molecule has 1 aromatic carbocycles. The van der Waals surface area contributed by atoms with Gasteiger partial charge in [-0.3, -0.25) is 0 Å². The van der Waals surface area contributed by atoms with Crippen LogP contribution in [0.25, 0.3) is 0 Å². The number of benzene rings is 1. The minimum atomic E-state index is 0.239. The topological polar surface area (TPSA) is 26.0 Å². The lowest BCUT2D eigenvalue weighted by molar-refractivity contribution is 0.618. The van der Waals surface area contributed by atoms with Gasteiger partial charge in [0, 0.05) is 15.8 Å². The standard InChI is InChI=1S/C15H24BrNS/c1-4-14(17)15(18-10-9-11(2)3)12-5-7-13(16)8-6-12/h5-8,11,14-15H,4,9-10,17H2,1-3H3. The Morgan fingerprint density at radius 3 is 2.33 bits per heavy atom. The van der Waals surface area contributed by atoms with Gasteiger partial charge >= 0.3 is 0 Å². The fourth-order valence-electron chi connectivity index (χ4n) is 1.76. The molecule has 1 aromatic rings. The summed E-state index contributed by atoms with van der Waals surface area (Å²) in [6.45, 7) is 6.71. The lowest BCUT2D eigenvalue weighted by atomic mass is 10.0. The van der Waals surface area contributed by atoms with E-state index in [1.807, 2.05) is 11.8 Å². The summed E-state index contributed by atoms with van der Waals surface area (Å²) in [7, 11) is 0. The van der Waals surface area contributed by atoms with E-state index in [2.05, 4.69) is 61.0 Å². The number of rotatable bonds is 7. The monoisotopic (exact) mass is 329 g/mol. The van der Waals surface area contributed by atoms with Crippen molar-refractivity contribution in [1.29, 1.82) is 0 Å². The van der Waals surface area contributed by atoms with E-state index in [-0.39, 0.29) is 6.04 Å². The molecule has 2 unspecified atom stereocenters. The first kappa shape index (κ1) is 16.1. The number of nitrogens with two attached hydrogens (primary N) is 1. The predicted octanol–water partition coefficient (Wildman–Crippen LogP) is 5.01. The van der Waals surface area contributed by atoms with Gasteiger partial charge < -0.3 is 5.73 Å². The maximum absolute atomic E-state index is 6.27. The summed E-state index contributed by atoms with van der Waals surface area (Å²) in [4.78, 5) is 0. The molecule has 0 fully saturated rings. The minimum absolute atomic E-state index is 0.239. The molecule has 102 valence electrons. The van der Waals surface area contributed by atoms with Gasteiger partial charge in [-0.2, -0.15) is 11.8 Å². The van der Waals surface area contributed by atoms with Gasteiger partial charge in [0.2, 0.25) is 0 Å². The molecule has 2 N–H and O–H groups in total. The highest BCUT2D eigenvalue weighted by Gasteiger charge is 2.18. The fourth-order valence-corrected chi connectivity index (χ4v) is 3.68. The van der Waals surface area contributed by atoms with Crippen molar-refractivity contribution in [3.05, 3.63) is 34.3 Å². The summed E-state index contributed by atoms with van der Waals surface area (Å²) >= 11 is 5.48. The molecule has 0 spiro atoms. The first-order valence-corrected chi connectivity index (χ1v) is 8.51. The molecule has 1 nitrogen and oxygen atoms in total. The third kappa shape index (κ3) is 5.33. The third-order valence-corrected chi connectivity index (χ3v) is 5.03. The normalized spacial score (nSPS) is 14.8. The zero-order valence-electron chi connectivity index (χ0n) is 11.5. The van der Waals surface area contributed by atoms with Crippen LogP contribution in [0, 0.1) is 5.92 Å². The summed E-state index contributed by atoms with van der Waals surface area (Å²) in [6, 6.07) is 8.82. The van der Waals surface area contributed by atoms with Crippen LogP contribution in [-0.4, -0.2) is 11.8 Å². The Bertz CT molecular complexity index is 337. The van der Waals surface area contributed by atoms with Crippen molar-refractivity contribution in [1.82, 2.24) is 0 Å². The first-order valence-electron chi connectivity index (χ1n) is 6.67. The van der Waals surface area contributed by atoms with E-state index >= 15 is 0 Å². The molecule has 0 aliphatic carbocycles. The Morgan fingerprint density at radius 2 is 1.83 bits per heavy atom. The maximum atomic E-state index is 6.27. The average Bonchev–Trinajstić information content (AvgIpc) is 2.35. The highest BCUT2D eigenvalue weighted by Crippen LogP contribution is 2.34. The second kappa shape index (κ2) is 8.23. The van der Waals surface area contributed by atoms with Crippen molar-refractivity contribution >= 4 is 27.7 Å². The lowest BCUT2D eigenvalue weighted by Crippen LogP contribution is -2.26. The second-order valence-corrected chi connectivity index (χ2v) is 7.26. The van der Waals surface area contributed by atoms with Crippen LogP contribution in [0.4, 0.5) is 0 Å². The van der Waals surface area contributed by atoms with E-state index in [4.69, 9.17) is 5.73 Å². The Morgan fingerprint density at radius 1 is 1.22 bits per heavy atom. The second-order valence-electron chi connectivity index (χ2n) is 5.10. The summed E-state index contributed by atoms with van der Waals surface area (Å²) in [5.41, 5.74) is 7.62. The van der Waals surface area contributed by atoms with Crippen molar-refractivity contribution in [3.8, 4) is 0 Å². The Kier molecular flexibility index (Phi) is 7.35. The van der Waals surface area contributed by atoms with Crippen molar-refractivity contribution in [2.45, 2.75) is 44.9 Å². The number of hydrogen-bond donors (Lipinski definition) is 1. The van der Waals surface area contributed by atoms with Crippen molar-refractivity contribution in [3.63, 3.8) is 0 Å². The predicted molar refractivity (Wildman–Crippen MR) is 87.1 cm³/mol.